The smallest absolute Gasteiger partial charge is 0.124 e. The van der Waals surface area contributed by atoms with Crippen molar-refractivity contribution in [1.29, 1.82) is 0 Å². The van der Waals surface area contributed by atoms with Gasteiger partial charge in [-0.05, 0) is 30.7 Å². The number of ether oxygens (including phenoxy) is 1. The lowest BCUT2D eigenvalue weighted by Crippen LogP contribution is -1.98. The molecule has 22 heavy (non-hydrogen) atoms. The van der Waals surface area contributed by atoms with Crippen molar-refractivity contribution in [2.75, 3.05) is 7.11 Å². The van der Waals surface area contributed by atoms with Crippen molar-refractivity contribution in [2.24, 2.45) is 0 Å². The molecule has 0 amide bonds. The zero-order chi connectivity index (χ0) is 15.1. The number of fused-ring (bicyclic) bond motifs is 3. The third-order valence-electron chi connectivity index (χ3n) is 3.89. The molecule has 2 aromatic carbocycles. The van der Waals surface area contributed by atoms with Gasteiger partial charge in [-0.1, -0.05) is 30.3 Å². The molecular formula is C18H16N2OS. The zero-order valence-corrected chi connectivity index (χ0v) is 13.4. The predicted molar refractivity (Wildman–Crippen MR) is 91.9 cm³/mol. The van der Waals surface area contributed by atoms with E-state index in [0.717, 1.165) is 28.2 Å². The molecule has 0 radical (unpaired) electrons. The van der Waals surface area contributed by atoms with Crippen molar-refractivity contribution in [1.82, 2.24) is 9.55 Å². The van der Waals surface area contributed by atoms with Crippen molar-refractivity contribution in [3.05, 3.63) is 59.1 Å². The number of hydrogen-bond donors (Lipinski definition) is 0. The van der Waals surface area contributed by atoms with E-state index in [1.807, 2.05) is 6.07 Å². The first-order chi connectivity index (χ1) is 10.8. The molecule has 0 aliphatic rings. The first-order valence-electron chi connectivity index (χ1n) is 7.23. The molecule has 0 saturated carbocycles. The van der Waals surface area contributed by atoms with Crippen LogP contribution in [0.3, 0.4) is 0 Å². The van der Waals surface area contributed by atoms with E-state index in [9.17, 15) is 0 Å². The summed E-state index contributed by atoms with van der Waals surface area (Å²) in [6.07, 6.45) is 0. The van der Waals surface area contributed by atoms with Crippen molar-refractivity contribution in [2.45, 2.75) is 13.5 Å². The summed E-state index contributed by atoms with van der Waals surface area (Å²) in [6.45, 7) is 2.92. The van der Waals surface area contributed by atoms with E-state index >= 15 is 0 Å². The lowest BCUT2D eigenvalue weighted by molar-refractivity contribution is 0.415. The van der Waals surface area contributed by atoms with Crippen LogP contribution in [0.2, 0.25) is 0 Å². The summed E-state index contributed by atoms with van der Waals surface area (Å²) < 4.78 is 7.72. The summed E-state index contributed by atoms with van der Waals surface area (Å²) in [5, 5.41) is 2.26. The van der Waals surface area contributed by atoms with Crippen LogP contribution in [0.4, 0.5) is 0 Å². The fraction of sp³-hybridized carbons (Fsp3) is 0.167. The Morgan fingerprint density at radius 2 is 1.95 bits per heavy atom. The maximum Gasteiger partial charge on any atom is 0.124 e. The van der Waals surface area contributed by atoms with Crippen LogP contribution in [0.1, 0.15) is 10.6 Å². The average Bonchev–Trinajstić information content (AvgIpc) is 3.05. The minimum Gasteiger partial charge on any atom is -0.497 e. The minimum atomic E-state index is 0.856. The van der Waals surface area contributed by atoms with E-state index in [1.165, 1.54) is 15.9 Å². The molecule has 0 unspecified atom stereocenters. The summed E-state index contributed by atoms with van der Waals surface area (Å²) in [6, 6.07) is 16.8. The molecule has 0 bridgehead atoms. The third-order valence-corrected chi connectivity index (χ3v) is 4.89. The van der Waals surface area contributed by atoms with Gasteiger partial charge in [-0.2, -0.15) is 0 Å². The number of nitrogens with zero attached hydrogens (tertiary/aromatic N) is 2. The van der Waals surface area contributed by atoms with E-state index in [2.05, 4.69) is 54.0 Å². The fourth-order valence-corrected chi connectivity index (χ4v) is 3.82. The van der Waals surface area contributed by atoms with Gasteiger partial charge in [0.05, 0.1) is 17.6 Å². The maximum absolute atomic E-state index is 5.37. The van der Waals surface area contributed by atoms with Crippen molar-refractivity contribution in [3.63, 3.8) is 0 Å². The van der Waals surface area contributed by atoms with Gasteiger partial charge in [0.15, 0.2) is 0 Å². The van der Waals surface area contributed by atoms with Crippen LogP contribution in [0, 0.1) is 6.92 Å². The molecule has 3 nitrogen and oxygen atoms in total. The lowest BCUT2D eigenvalue weighted by atomic mass is 10.2. The third kappa shape index (κ3) is 2.07. The molecule has 2 aromatic heterocycles. The second-order valence-corrected chi connectivity index (χ2v) is 6.52. The van der Waals surface area contributed by atoms with Gasteiger partial charge in [-0.3, -0.25) is 0 Å². The van der Waals surface area contributed by atoms with E-state index in [1.54, 1.807) is 18.4 Å². The van der Waals surface area contributed by atoms with Crippen LogP contribution in [0.15, 0.2) is 48.5 Å². The van der Waals surface area contributed by atoms with E-state index in [0.29, 0.717) is 0 Å². The Bertz CT molecular complexity index is 953. The number of benzene rings is 2. The quantitative estimate of drug-likeness (QED) is 0.552. The highest BCUT2D eigenvalue weighted by atomic mass is 32.1. The first-order valence-corrected chi connectivity index (χ1v) is 8.05. The van der Waals surface area contributed by atoms with Gasteiger partial charge in [0.1, 0.15) is 16.1 Å². The van der Waals surface area contributed by atoms with Gasteiger partial charge < -0.3 is 9.30 Å². The molecule has 4 heteroatoms. The van der Waals surface area contributed by atoms with E-state index in [-0.39, 0.29) is 0 Å². The zero-order valence-electron chi connectivity index (χ0n) is 12.5. The SMILES string of the molecule is COc1ccc2c(c1)c1nc(C)sc1n2Cc1ccccc1. The van der Waals surface area contributed by atoms with Crippen molar-refractivity contribution < 1.29 is 4.74 Å². The molecule has 0 atom stereocenters. The molecular weight excluding hydrogens is 292 g/mol. The molecule has 0 aliphatic carbocycles. The molecule has 0 spiro atoms. The van der Waals surface area contributed by atoms with Crippen LogP contribution in [-0.4, -0.2) is 16.7 Å². The number of aromatic nitrogens is 2. The van der Waals surface area contributed by atoms with Gasteiger partial charge in [0.2, 0.25) is 0 Å². The second kappa shape index (κ2) is 5.14. The summed E-state index contributed by atoms with van der Waals surface area (Å²) >= 11 is 1.75. The normalized spacial score (nSPS) is 11.4. The van der Waals surface area contributed by atoms with Crippen LogP contribution in [0.25, 0.3) is 21.3 Å². The monoisotopic (exact) mass is 308 g/mol. The van der Waals surface area contributed by atoms with E-state index < -0.39 is 0 Å². The number of aryl methyl sites for hydroxylation is 1. The molecule has 110 valence electrons. The standard InChI is InChI=1S/C18H16N2OS/c1-12-19-17-15-10-14(21-2)8-9-16(15)20(18(17)22-12)11-13-6-4-3-5-7-13/h3-10H,11H2,1-2H3. The molecule has 4 aromatic rings. The maximum atomic E-state index is 5.37. The Hall–Kier alpha value is -2.33. The summed E-state index contributed by atoms with van der Waals surface area (Å²) in [5.74, 6) is 0.872. The second-order valence-electron chi connectivity index (χ2n) is 5.34. The molecule has 0 N–H and O–H groups in total. The summed E-state index contributed by atoms with van der Waals surface area (Å²) in [4.78, 5) is 5.95. The van der Waals surface area contributed by atoms with Gasteiger partial charge >= 0.3 is 0 Å². The van der Waals surface area contributed by atoms with E-state index in [4.69, 9.17) is 9.72 Å². The van der Waals surface area contributed by atoms with Gasteiger partial charge in [0.25, 0.3) is 0 Å². The van der Waals surface area contributed by atoms with Crippen LogP contribution in [-0.2, 0) is 6.54 Å². The van der Waals surface area contributed by atoms with Gasteiger partial charge in [-0.15, -0.1) is 11.3 Å². The highest BCUT2D eigenvalue weighted by Crippen LogP contribution is 2.35. The molecule has 0 saturated heterocycles. The van der Waals surface area contributed by atoms with Gasteiger partial charge in [-0.25, -0.2) is 4.98 Å². The number of hydrogen-bond acceptors (Lipinski definition) is 3. The lowest BCUT2D eigenvalue weighted by Gasteiger charge is -2.07. The van der Waals surface area contributed by atoms with Gasteiger partial charge in [0, 0.05) is 11.9 Å². The Morgan fingerprint density at radius 1 is 1.14 bits per heavy atom. The summed E-state index contributed by atoms with van der Waals surface area (Å²) in [5.41, 5.74) is 3.58. The Balaban J connectivity index is 1.98. The highest BCUT2D eigenvalue weighted by molar-refractivity contribution is 7.18. The fourth-order valence-electron chi connectivity index (χ4n) is 2.87. The predicted octanol–water partition coefficient (Wildman–Crippen LogP) is 4.62. The molecule has 0 fully saturated rings. The Labute approximate surface area is 132 Å². The largest absolute Gasteiger partial charge is 0.497 e. The molecule has 4 rings (SSSR count). The Kier molecular flexibility index (Phi) is 3.12. The topological polar surface area (TPSA) is 27.1 Å². The summed E-state index contributed by atoms with van der Waals surface area (Å²) in [7, 11) is 1.70. The highest BCUT2D eigenvalue weighted by Gasteiger charge is 2.15. The van der Waals surface area contributed by atoms with Crippen LogP contribution in [0.5, 0.6) is 5.75 Å². The Morgan fingerprint density at radius 3 is 2.73 bits per heavy atom. The number of thiazole rings is 1. The molecule has 0 aliphatic heterocycles. The average molecular weight is 308 g/mol. The minimum absolute atomic E-state index is 0.856. The van der Waals surface area contributed by atoms with Crippen molar-refractivity contribution in [3.8, 4) is 5.75 Å². The first kappa shape index (κ1) is 13.3. The number of rotatable bonds is 3. The van der Waals surface area contributed by atoms with Crippen LogP contribution < -0.4 is 4.74 Å². The number of methoxy groups -OCH3 is 1. The van der Waals surface area contributed by atoms with Crippen LogP contribution >= 0.6 is 11.3 Å². The molecule has 2 heterocycles. The van der Waals surface area contributed by atoms with Crippen molar-refractivity contribution >= 4 is 32.6 Å².